The van der Waals surface area contributed by atoms with Crippen LogP contribution in [0.3, 0.4) is 0 Å². The Morgan fingerprint density at radius 3 is 2.23 bits per heavy atom. The summed E-state index contributed by atoms with van der Waals surface area (Å²) >= 11 is 0. The number of rotatable bonds is 8. The number of carbonyl (C=O) groups excluding carboxylic acids is 1. The lowest BCUT2D eigenvalue weighted by Crippen LogP contribution is -2.53. The lowest BCUT2D eigenvalue weighted by molar-refractivity contribution is -0.149. The zero-order valence-electron chi connectivity index (χ0n) is 12.3. The van der Waals surface area contributed by atoms with Crippen LogP contribution in [-0.4, -0.2) is 68.5 Å². The van der Waals surface area contributed by atoms with Gasteiger partial charge in [-0.2, -0.15) is 0 Å². The number of hydrogen-bond acceptors (Lipinski definition) is 6. The number of benzene rings is 1. The second-order valence-electron chi connectivity index (χ2n) is 5.28. The van der Waals surface area contributed by atoms with E-state index in [1.807, 2.05) is 30.3 Å². The van der Waals surface area contributed by atoms with E-state index < -0.39 is 36.9 Å². The van der Waals surface area contributed by atoms with E-state index in [1.54, 1.807) is 6.92 Å². The van der Waals surface area contributed by atoms with Crippen LogP contribution >= 0.6 is 0 Å². The van der Waals surface area contributed by atoms with Crippen molar-refractivity contribution in [2.45, 2.75) is 43.8 Å². The molecule has 0 saturated carbocycles. The number of nitrogens with one attached hydrogen (secondary N) is 1. The molecule has 0 aliphatic heterocycles. The van der Waals surface area contributed by atoms with Crippen molar-refractivity contribution in [3.8, 4) is 0 Å². The summed E-state index contributed by atoms with van der Waals surface area (Å²) in [5, 5.41) is 49.2. The Balaban J connectivity index is 2.52. The van der Waals surface area contributed by atoms with E-state index >= 15 is 0 Å². The molecule has 0 saturated heterocycles. The monoisotopic (exact) mass is 313 g/mol. The molecular weight excluding hydrogens is 290 g/mol. The molecule has 1 aromatic carbocycles. The highest BCUT2D eigenvalue weighted by Crippen LogP contribution is 2.07. The number of carbonyl (C=O) groups is 1. The molecule has 124 valence electrons. The molecule has 0 fully saturated rings. The third-order valence-electron chi connectivity index (χ3n) is 3.30. The zero-order chi connectivity index (χ0) is 16.7. The van der Waals surface area contributed by atoms with Crippen LogP contribution in [0.1, 0.15) is 12.5 Å². The second kappa shape index (κ2) is 8.82. The topological polar surface area (TPSA) is 130 Å². The van der Waals surface area contributed by atoms with E-state index in [9.17, 15) is 25.2 Å². The molecule has 0 aliphatic carbocycles. The van der Waals surface area contributed by atoms with Crippen LogP contribution in [0, 0.1) is 0 Å². The first-order chi connectivity index (χ1) is 10.4. The number of aliphatic hydroxyl groups excluding tert-OH is 5. The molecule has 7 nitrogen and oxygen atoms in total. The van der Waals surface area contributed by atoms with Crippen LogP contribution in [-0.2, 0) is 11.2 Å². The molecular formula is C15H23NO6. The van der Waals surface area contributed by atoms with E-state index in [1.165, 1.54) is 0 Å². The van der Waals surface area contributed by atoms with E-state index in [2.05, 4.69) is 5.32 Å². The van der Waals surface area contributed by atoms with Gasteiger partial charge in [0.2, 0.25) is 0 Å². The van der Waals surface area contributed by atoms with Gasteiger partial charge in [-0.3, -0.25) is 4.79 Å². The van der Waals surface area contributed by atoms with Crippen molar-refractivity contribution in [3.05, 3.63) is 35.9 Å². The van der Waals surface area contributed by atoms with Crippen LogP contribution in [0.15, 0.2) is 30.3 Å². The molecule has 1 rings (SSSR count). The molecule has 7 heteroatoms. The van der Waals surface area contributed by atoms with Gasteiger partial charge in [-0.05, 0) is 18.9 Å². The minimum Gasteiger partial charge on any atom is -0.394 e. The lowest BCUT2D eigenvalue weighted by Gasteiger charge is -2.26. The molecule has 0 radical (unpaired) electrons. The van der Waals surface area contributed by atoms with Crippen molar-refractivity contribution in [3.63, 3.8) is 0 Å². The Labute approximate surface area is 128 Å². The summed E-state index contributed by atoms with van der Waals surface area (Å²) in [6, 6.07) is 9.12. The predicted octanol–water partition coefficient (Wildman–Crippen LogP) is -1.83. The third-order valence-corrected chi connectivity index (χ3v) is 3.30. The highest BCUT2D eigenvalue weighted by atomic mass is 16.4. The molecule has 1 aromatic rings. The number of aliphatic hydroxyl groups is 5. The molecule has 6 N–H and O–H groups in total. The fourth-order valence-corrected chi connectivity index (χ4v) is 2.02. The molecule has 22 heavy (non-hydrogen) atoms. The maximum atomic E-state index is 11.8. The summed E-state index contributed by atoms with van der Waals surface area (Å²) in [4.78, 5) is 11.8. The lowest BCUT2D eigenvalue weighted by atomic mass is 10.0. The Bertz CT molecular complexity index is 455. The SMILES string of the molecule is C[C@H](Cc1ccccc1)NC(=O)[C@@H](O)[C@H](O)[C@H](O)[C@H](O)CO. The van der Waals surface area contributed by atoms with Gasteiger partial charge >= 0.3 is 0 Å². The molecule has 0 bridgehead atoms. The highest BCUT2D eigenvalue weighted by molar-refractivity contribution is 5.81. The van der Waals surface area contributed by atoms with Crippen LogP contribution < -0.4 is 5.32 Å². The molecule has 0 unspecified atom stereocenters. The van der Waals surface area contributed by atoms with Crippen molar-refractivity contribution >= 4 is 5.91 Å². The number of amides is 1. The van der Waals surface area contributed by atoms with Crippen LogP contribution in [0.2, 0.25) is 0 Å². The van der Waals surface area contributed by atoms with Gasteiger partial charge in [0.05, 0.1) is 6.61 Å². The second-order valence-corrected chi connectivity index (χ2v) is 5.28. The summed E-state index contributed by atoms with van der Waals surface area (Å²) in [6.45, 7) is 0.944. The Morgan fingerprint density at radius 2 is 1.68 bits per heavy atom. The first kappa shape index (κ1) is 18.5. The van der Waals surface area contributed by atoms with Crippen LogP contribution in [0.25, 0.3) is 0 Å². The van der Waals surface area contributed by atoms with Gasteiger partial charge in [-0.15, -0.1) is 0 Å². The van der Waals surface area contributed by atoms with Gasteiger partial charge in [-0.1, -0.05) is 30.3 Å². The summed E-state index contributed by atoms with van der Waals surface area (Å²) in [6.07, 6.45) is -6.73. The van der Waals surface area contributed by atoms with Crippen LogP contribution in [0.4, 0.5) is 0 Å². The zero-order valence-corrected chi connectivity index (χ0v) is 12.3. The largest absolute Gasteiger partial charge is 0.394 e. The van der Waals surface area contributed by atoms with Gasteiger partial charge in [0.25, 0.3) is 5.91 Å². The summed E-state index contributed by atoms with van der Waals surface area (Å²) in [7, 11) is 0. The third kappa shape index (κ3) is 5.36. The maximum absolute atomic E-state index is 11.8. The first-order valence-corrected chi connectivity index (χ1v) is 7.04. The fraction of sp³-hybridized carbons (Fsp3) is 0.533. The summed E-state index contributed by atoms with van der Waals surface area (Å²) in [5.41, 5.74) is 1.00. The van der Waals surface area contributed by atoms with Crippen molar-refractivity contribution in [2.75, 3.05) is 6.61 Å². The van der Waals surface area contributed by atoms with E-state index in [0.717, 1.165) is 5.56 Å². The van der Waals surface area contributed by atoms with E-state index in [4.69, 9.17) is 5.11 Å². The van der Waals surface area contributed by atoms with Crippen molar-refractivity contribution in [1.29, 1.82) is 0 Å². The van der Waals surface area contributed by atoms with Gasteiger partial charge in [0.1, 0.15) is 18.3 Å². The van der Waals surface area contributed by atoms with E-state index in [0.29, 0.717) is 6.42 Å². The van der Waals surface area contributed by atoms with Crippen molar-refractivity contribution in [2.24, 2.45) is 0 Å². The Kier molecular flexibility index (Phi) is 7.43. The maximum Gasteiger partial charge on any atom is 0.251 e. The first-order valence-electron chi connectivity index (χ1n) is 7.04. The van der Waals surface area contributed by atoms with Gasteiger partial charge in [0.15, 0.2) is 6.10 Å². The van der Waals surface area contributed by atoms with Crippen molar-refractivity contribution < 1.29 is 30.3 Å². The minimum absolute atomic E-state index is 0.295. The Morgan fingerprint density at radius 1 is 1.09 bits per heavy atom. The molecule has 0 heterocycles. The van der Waals surface area contributed by atoms with Gasteiger partial charge in [-0.25, -0.2) is 0 Å². The molecule has 0 aromatic heterocycles. The van der Waals surface area contributed by atoms with Gasteiger partial charge < -0.3 is 30.8 Å². The van der Waals surface area contributed by atoms with Gasteiger partial charge in [0, 0.05) is 6.04 Å². The average molecular weight is 313 g/mol. The minimum atomic E-state index is -1.91. The predicted molar refractivity (Wildman–Crippen MR) is 78.9 cm³/mol. The van der Waals surface area contributed by atoms with E-state index in [-0.39, 0.29) is 6.04 Å². The summed E-state index contributed by atoms with van der Waals surface area (Å²) in [5.74, 6) is -0.861. The Hall–Kier alpha value is -1.51. The standard InChI is InChI=1S/C15H23NO6/c1-9(7-10-5-3-2-4-6-10)16-15(22)14(21)13(20)12(19)11(18)8-17/h2-6,9,11-14,17-21H,7-8H2,1H3,(H,16,22)/t9-,11-,12-,13-,14+/m1/s1. The molecule has 1 amide bonds. The normalized spacial score (nSPS) is 18.1. The quantitative estimate of drug-likeness (QED) is 0.335. The van der Waals surface area contributed by atoms with Crippen molar-refractivity contribution in [1.82, 2.24) is 5.32 Å². The highest BCUT2D eigenvalue weighted by Gasteiger charge is 2.34. The molecule has 0 aliphatic rings. The molecule has 0 spiro atoms. The smallest absolute Gasteiger partial charge is 0.251 e. The summed E-state index contributed by atoms with van der Waals surface area (Å²) < 4.78 is 0. The fourth-order valence-electron chi connectivity index (χ4n) is 2.02. The molecule has 5 atom stereocenters. The average Bonchev–Trinajstić information content (AvgIpc) is 2.52. The van der Waals surface area contributed by atoms with Crippen LogP contribution in [0.5, 0.6) is 0 Å². The number of hydrogen-bond donors (Lipinski definition) is 6.